The van der Waals surface area contributed by atoms with Gasteiger partial charge in [0.2, 0.25) is 0 Å². The zero-order valence-corrected chi connectivity index (χ0v) is 7.61. The summed E-state index contributed by atoms with van der Waals surface area (Å²) >= 11 is 0. The molecule has 1 aromatic heterocycles. The molecule has 0 unspecified atom stereocenters. The number of hydrogen-bond acceptors (Lipinski definition) is 5. The highest BCUT2D eigenvalue weighted by molar-refractivity contribution is 7.86. The minimum absolute atomic E-state index is 0.0347. The van der Waals surface area contributed by atoms with Gasteiger partial charge in [-0.25, -0.2) is 0 Å². The van der Waals surface area contributed by atoms with Gasteiger partial charge in [0, 0.05) is 0 Å². The fourth-order valence-electron chi connectivity index (χ4n) is 1.18. The summed E-state index contributed by atoms with van der Waals surface area (Å²) in [6.45, 7) is 0. The predicted molar refractivity (Wildman–Crippen MR) is 48.1 cm³/mol. The molecule has 0 fully saturated rings. The maximum Gasteiger partial charge on any atom is 0.298 e. The van der Waals surface area contributed by atoms with E-state index < -0.39 is 15.0 Å². The third-order valence-corrected chi connectivity index (χ3v) is 2.69. The number of nitrogens with two attached hydrogens (primary N) is 1. The Balaban J connectivity index is 2.98. The van der Waals surface area contributed by atoms with Crippen LogP contribution in [0, 0.1) is 0 Å². The Bertz CT molecular complexity index is 588. The van der Waals surface area contributed by atoms with Crippen LogP contribution in [0.2, 0.25) is 0 Å². The van der Waals surface area contributed by atoms with Crippen LogP contribution in [0.3, 0.4) is 0 Å². The molecule has 4 N–H and O–H groups in total. The second kappa shape index (κ2) is 2.66. The number of aromatic nitrogens is 3. The van der Waals surface area contributed by atoms with Crippen LogP contribution in [-0.4, -0.2) is 28.4 Å². The number of nitrogens with zero attached hydrogens (tertiary/aromatic N) is 2. The molecular formula is C6H6N4O3S. The van der Waals surface area contributed by atoms with Crippen molar-refractivity contribution in [2.45, 2.75) is 4.90 Å². The highest BCUT2D eigenvalue weighted by Gasteiger charge is 2.20. The number of H-pyrrole nitrogens is 1. The number of hydrogen-bond donors (Lipinski definition) is 3. The van der Waals surface area contributed by atoms with Crippen LogP contribution in [0.25, 0.3) is 11.0 Å². The topological polar surface area (TPSA) is 122 Å². The molecule has 0 atom stereocenters. The predicted octanol–water partition coefficient (Wildman–Crippen LogP) is -0.213. The van der Waals surface area contributed by atoms with E-state index in [2.05, 4.69) is 15.4 Å². The number of nitrogens with one attached hydrogen (secondary N) is 1. The molecular weight excluding hydrogens is 208 g/mol. The first kappa shape index (κ1) is 8.91. The molecule has 0 radical (unpaired) electrons. The van der Waals surface area contributed by atoms with Crippen LogP contribution in [0.15, 0.2) is 17.0 Å². The average molecular weight is 214 g/mol. The Hall–Kier alpha value is -1.67. The van der Waals surface area contributed by atoms with E-state index in [0.29, 0.717) is 5.52 Å². The molecule has 1 aromatic carbocycles. The van der Waals surface area contributed by atoms with Crippen molar-refractivity contribution in [2.24, 2.45) is 0 Å². The van der Waals surface area contributed by atoms with Gasteiger partial charge in [0.05, 0.1) is 11.2 Å². The quantitative estimate of drug-likeness (QED) is 0.446. The number of nitrogen functional groups attached to an aromatic ring is 1. The van der Waals surface area contributed by atoms with Gasteiger partial charge in [-0.1, -0.05) is 5.21 Å². The van der Waals surface area contributed by atoms with E-state index in [1.807, 2.05) is 0 Å². The van der Waals surface area contributed by atoms with E-state index >= 15 is 0 Å². The lowest BCUT2D eigenvalue weighted by Gasteiger charge is -2.01. The molecule has 8 heteroatoms. The van der Waals surface area contributed by atoms with Gasteiger partial charge in [-0.2, -0.15) is 8.42 Å². The highest BCUT2D eigenvalue weighted by atomic mass is 32.2. The van der Waals surface area contributed by atoms with Crippen molar-refractivity contribution in [2.75, 3.05) is 5.73 Å². The number of benzene rings is 1. The van der Waals surface area contributed by atoms with Gasteiger partial charge in [-0.05, 0) is 12.1 Å². The molecule has 0 bridgehead atoms. The average Bonchev–Trinajstić information content (AvgIpc) is 2.48. The van der Waals surface area contributed by atoms with Crippen molar-refractivity contribution in [1.82, 2.24) is 15.4 Å². The molecule has 7 nitrogen and oxygen atoms in total. The number of rotatable bonds is 1. The zero-order valence-electron chi connectivity index (χ0n) is 6.80. The lowest BCUT2D eigenvalue weighted by Crippen LogP contribution is -2.03. The Morgan fingerprint density at radius 3 is 2.79 bits per heavy atom. The van der Waals surface area contributed by atoms with Crippen LogP contribution < -0.4 is 5.73 Å². The summed E-state index contributed by atoms with van der Waals surface area (Å²) in [6, 6.07) is 2.88. The second-order valence-corrected chi connectivity index (χ2v) is 4.03. The van der Waals surface area contributed by atoms with Gasteiger partial charge in [-0.15, -0.1) is 5.10 Å². The van der Waals surface area contributed by atoms with Crippen LogP contribution in [0.1, 0.15) is 0 Å². The van der Waals surface area contributed by atoms with Crippen LogP contribution in [0.5, 0.6) is 0 Å². The van der Waals surface area contributed by atoms with Crippen molar-refractivity contribution in [3.05, 3.63) is 12.1 Å². The maximum atomic E-state index is 11.0. The van der Waals surface area contributed by atoms with Gasteiger partial charge in [0.15, 0.2) is 0 Å². The largest absolute Gasteiger partial charge is 0.398 e. The monoisotopic (exact) mass is 214 g/mol. The van der Waals surface area contributed by atoms with Gasteiger partial charge in [0.1, 0.15) is 10.4 Å². The number of fused-ring (bicyclic) bond motifs is 1. The fourth-order valence-corrected chi connectivity index (χ4v) is 1.94. The minimum atomic E-state index is -4.38. The third kappa shape index (κ3) is 1.20. The van der Waals surface area contributed by atoms with Crippen LogP contribution in [-0.2, 0) is 10.1 Å². The lowest BCUT2D eigenvalue weighted by molar-refractivity contribution is 0.484. The first-order valence-electron chi connectivity index (χ1n) is 3.57. The van der Waals surface area contributed by atoms with Gasteiger partial charge >= 0.3 is 0 Å². The molecule has 2 rings (SSSR count). The Kier molecular flexibility index (Phi) is 1.69. The fraction of sp³-hybridized carbons (Fsp3) is 0. The zero-order chi connectivity index (χ0) is 10.3. The molecule has 0 aliphatic rings. The molecule has 0 aliphatic heterocycles. The molecule has 0 saturated carbocycles. The van der Waals surface area contributed by atoms with Crippen molar-refractivity contribution in [3.63, 3.8) is 0 Å². The molecule has 2 aromatic rings. The number of anilines is 1. The number of aromatic amines is 1. The summed E-state index contributed by atoms with van der Waals surface area (Å²) in [5.74, 6) is 0. The highest BCUT2D eigenvalue weighted by Crippen LogP contribution is 2.25. The Morgan fingerprint density at radius 2 is 2.14 bits per heavy atom. The Labute approximate surface area is 78.7 Å². The first-order chi connectivity index (χ1) is 6.50. The summed E-state index contributed by atoms with van der Waals surface area (Å²) in [4.78, 5) is -0.413. The molecule has 0 saturated heterocycles. The molecule has 74 valence electrons. The van der Waals surface area contributed by atoms with Gasteiger partial charge in [0.25, 0.3) is 10.1 Å². The van der Waals surface area contributed by atoms with Crippen LogP contribution in [0.4, 0.5) is 5.69 Å². The van der Waals surface area contributed by atoms with Crippen LogP contribution >= 0.6 is 0 Å². The van der Waals surface area contributed by atoms with E-state index in [0.717, 1.165) is 0 Å². The lowest BCUT2D eigenvalue weighted by atomic mass is 10.3. The SMILES string of the molecule is Nc1ccc2[nH]nnc2c1S(=O)(=O)O. The van der Waals surface area contributed by atoms with Crippen molar-refractivity contribution >= 4 is 26.8 Å². The van der Waals surface area contributed by atoms with Gasteiger partial charge < -0.3 is 5.73 Å². The Morgan fingerprint density at radius 1 is 1.43 bits per heavy atom. The molecule has 0 aliphatic carbocycles. The van der Waals surface area contributed by atoms with Crippen molar-refractivity contribution in [1.29, 1.82) is 0 Å². The van der Waals surface area contributed by atoms with Crippen molar-refractivity contribution in [3.8, 4) is 0 Å². The van der Waals surface area contributed by atoms with E-state index in [1.54, 1.807) is 0 Å². The van der Waals surface area contributed by atoms with E-state index in [4.69, 9.17) is 10.3 Å². The van der Waals surface area contributed by atoms with E-state index in [-0.39, 0.29) is 11.2 Å². The first-order valence-corrected chi connectivity index (χ1v) is 5.01. The normalized spacial score (nSPS) is 12.1. The summed E-state index contributed by atoms with van der Waals surface area (Å²) in [6.07, 6.45) is 0. The maximum absolute atomic E-state index is 11.0. The molecule has 0 amide bonds. The minimum Gasteiger partial charge on any atom is -0.398 e. The van der Waals surface area contributed by atoms with Gasteiger partial charge in [-0.3, -0.25) is 9.65 Å². The molecule has 14 heavy (non-hydrogen) atoms. The molecule has 1 heterocycles. The summed E-state index contributed by atoms with van der Waals surface area (Å²) in [5, 5.41) is 9.40. The standard InChI is InChI=1S/C6H6N4O3S/c7-3-1-2-4-5(9-10-8-4)6(3)14(11,12)13/h1-2H,7H2,(H,8,9,10)(H,11,12,13). The summed E-state index contributed by atoms with van der Waals surface area (Å²) in [5.41, 5.74) is 5.78. The van der Waals surface area contributed by atoms with E-state index in [9.17, 15) is 8.42 Å². The smallest absolute Gasteiger partial charge is 0.298 e. The summed E-state index contributed by atoms with van der Waals surface area (Å²) in [7, 11) is -4.38. The molecule has 0 spiro atoms. The third-order valence-electron chi connectivity index (χ3n) is 1.74. The second-order valence-electron chi connectivity index (χ2n) is 2.67. The van der Waals surface area contributed by atoms with Crippen molar-refractivity contribution < 1.29 is 13.0 Å². The summed E-state index contributed by atoms with van der Waals surface area (Å²) < 4.78 is 30.8. The van der Waals surface area contributed by atoms with E-state index in [1.165, 1.54) is 12.1 Å².